The minimum Gasteiger partial charge on any atom is -0.380 e. The molecule has 2 atom stereocenters. The maximum Gasteiger partial charge on any atom is 0.254 e. The van der Waals surface area contributed by atoms with E-state index < -0.39 is 20.6 Å². The molecule has 8 nitrogen and oxygen atoms in total. The molecule has 0 aliphatic carbocycles. The van der Waals surface area contributed by atoms with E-state index in [0.29, 0.717) is 24.9 Å². The van der Waals surface area contributed by atoms with Gasteiger partial charge in [0, 0.05) is 46.0 Å². The summed E-state index contributed by atoms with van der Waals surface area (Å²) in [7, 11) is 3.12. The monoisotopic (exact) mass is 322 g/mol. The van der Waals surface area contributed by atoms with Gasteiger partial charge in [0.2, 0.25) is 6.41 Å². The summed E-state index contributed by atoms with van der Waals surface area (Å²) in [6, 6.07) is 0. The first kappa shape index (κ1) is 19.9. The number of methoxy groups -OCH3 is 1. The Morgan fingerprint density at radius 3 is 2.67 bits per heavy atom. The molecule has 0 saturated carbocycles. The van der Waals surface area contributed by atoms with E-state index in [-0.39, 0.29) is 6.35 Å². The zero-order chi connectivity index (χ0) is 16.3. The maximum atomic E-state index is 11.4. The van der Waals surface area contributed by atoms with E-state index in [1.165, 1.54) is 14.2 Å². The Morgan fingerprint density at radius 2 is 2.14 bits per heavy atom. The molecular formula is C12H23N2O6P. The Bertz CT molecular complexity index is 353. The molecule has 0 fully saturated rings. The third kappa shape index (κ3) is 9.49. The summed E-state index contributed by atoms with van der Waals surface area (Å²) >= 11 is 0. The number of nitrogens with one attached hydrogen (secondary N) is 1. The highest BCUT2D eigenvalue weighted by Gasteiger charge is 2.12. The van der Waals surface area contributed by atoms with Crippen LogP contribution in [0.5, 0.6) is 0 Å². The number of hydrogen-bond acceptors (Lipinski definition) is 7. The molecule has 2 amide bonds. The van der Waals surface area contributed by atoms with Gasteiger partial charge in [-0.25, -0.2) is 0 Å². The molecule has 0 aromatic carbocycles. The third-order valence-corrected chi connectivity index (χ3v) is 3.32. The zero-order valence-corrected chi connectivity index (χ0v) is 13.6. The van der Waals surface area contributed by atoms with Crippen molar-refractivity contribution in [2.75, 3.05) is 34.2 Å². The SMILES string of the molecule is COC(CCN(C)/C=C(/C)C(=O)NC=O)OCP(O)OC. The van der Waals surface area contributed by atoms with Crippen LogP contribution in [0.4, 0.5) is 0 Å². The number of nitrogens with zero attached hydrogens (tertiary/aromatic N) is 1. The van der Waals surface area contributed by atoms with Gasteiger partial charge in [0.1, 0.15) is 6.35 Å². The fourth-order valence-corrected chi connectivity index (χ4v) is 1.80. The lowest BCUT2D eigenvalue weighted by molar-refractivity contribution is -0.122. The van der Waals surface area contributed by atoms with E-state index in [1.807, 2.05) is 0 Å². The van der Waals surface area contributed by atoms with Crippen LogP contribution in [-0.2, 0) is 23.6 Å². The van der Waals surface area contributed by atoms with Crippen molar-refractivity contribution in [2.24, 2.45) is 0 Å². The molecule has 0 heterocycles. The summed E-state index contributed by atoms with van der Waals surface area (Å²) in [5.74, 6) is -0.442. The van der Waals surface area contributed by atoms with Crippen LogP contribution in [0.2, 0.25) is 0 Å². The van der Waals surface area contributed by atoms with Crippen molar-refractivity contribution in [1.29, 1.82) is 0 Å². The van der Waals surface area contributed by atoms with E-state index in [1.54, 1.807) is 25.1 Å². The lowest BCUT2D eigenvalue weighted by atomic mass is 10.3. The van der Waals surface area contributed by atoms with E-state index in [9.17, 15) is 14.5 Å². The minimum atomic E-state index is -1.58. The number of imide groups is 1. The predicted molar refractivity (Wildman–Crippen MR) is 78.1 cm³/mol. The standard InChI is InChI=1S/C12H23N2O6P/c1-10(12(16)13-8-15)7-14(2)6-5-11(18-3)20-9-21(17)19-4/h7-8,11,17H,5-6,9H2,1-4H3,(H,13,15,16)/b10-7-. The van der Waals surface area contributed by atoms with Gasteiger partial charge in [-0.3, -0.25) is 14.9 Å². The fourth-order valence-electron chi connectivity index (χ4n) is 1.40. The summed E-state index contributed by atoms with van der Waals surface area (Å²) in [4.78, 5) is 32.6. The Balaban J connectivity index is 4.19. The van der Waals surface area contributed by atoms with Gasteiger partial charge in [-0.2, -0.15) is 0 Å². The number of rotatable bonds is 11. The molecule has 0 radical (unpaired) electrons. The molecule has 0 aliphatic rings. The molecule has 0 rings (SSSR count). The van der Waals surface area contributed by atoms with Crippen molar-refractivity contribution < 1.29 is 28.5 Å². The van der Waals surface area contributed by atoms with E-state index in [2.05, 4.69) is 5.32 Å². The van der Waals surface area contributed by atoms with Gasteiger partial charge >= 0.3 is 0 Å². The van der Waals surface area contributed by atoms with Crippen LogP contribution >= 0.6 is 8.38 Å². The van der Waals surface area contributed by atoms with Crippen molar-refractivity contribution in [1.82, 2.24) is 10.2 Å². The van der Waals surface area contributed by atoms with Crippen LogP contribution in [0.15, 0.2) is 11.8 Å². The van der Waals surface area contributed by atoms with Crippen LogP contribution in [0.25, 0.3) is 0 Å². The quantitative estimate of drug-likeness (QED) is 0.246. The van der Waals surface area contributed by atoms with Crippen molar-refractivity contribution in [3.05, 3.63) is 11.8 Å². The van der Waals surface area contributed by atoms with Gasteiger partial charge in [-0.15, -0.1) is 0 Å². The molecule has 122 valence electrons. The average Bonchev–Trinajstić information content (AvgIpc) is 2.47. The molecule has 0 aliphatic heterocycles. The molecule has 0 aromatic heterocycles. The number of carbonyl (C=O) groups excluding carboxylic acids is 2. The molecule has 0 spiro atoms. The average molecular weight is 322 g/mol. The second-order valence-electron chi connectivity index (χ2n) is 4.17. The van der Waals surface area contributed by atoms with E-state index in [4.69, 9.17) is 14.0 Å². The zero-order valence-electron chi connectivity index (χ0n) is 12.7. The Labute approximate surface area is 126 Å². The first-order valence-corrected chi connectivity index (χ1v) is 7.62. The predicted octanol–water partition coefficient (Wildman–Crippen LogP) is 0.382. The van der Waals surface area contributed by atoms with Crippen LogP contribution in [0.1, 0.15) is 13.3 Å². The normalized spacial score (nSPS) is 14.4. The van der Waals surface area contributed by atoms with Gasteiger partial charge in [-0.05, 0) is 6.92 Å². The van der Waals surface area contributed by atoms with Gasteiger partial charge in [-0.1, -0.05) is 0 Å². The molecule has 0 saturated heterocycles. The van der Waals surface area contributed by atoms with Gasteiger partial charge in [0.25, 0.3) is 5.91 Å². The second kappa shape index (κ2) is 11.6. The lowest BCUT2D eigenvalue weighted by Crippen LogP contribution is -2.26. The topological polar surface area (TPSA) is 97.3 Å². The van der Waals surface area contributed by atoms with E-state index in [0.717, 1.165) is 0 Å². The van der Waals surface area contributed by atoms with Crippen LogP contribution in [0.3, 0.4) is 0 Å². The Morgan fingerprint density at radius 1 is 1.48 bits per heavy atom. The Kier molecular flexibility index (Phi) is 11.0. The Hall–Kier alpha value is -1.05. The number of carbonyl (C=O) groups is 2. The van der Waals surface area contributed by atoms with Crippen LogP contribution in [-0.4, -0.2) is 62.6 Å². The molecule has 2 N–H and O–H groups in total. The van der Waals surface area contributed by atoms with Crippen molar-refractivity contribution in [3.63, 3.8) is 0 Å². The highest BCUT2D eigenvalue weighted by atomic mass is 31.2. The van der Waals surface area contributed by atoms with Crippen molar-refractivity contribution in [2.45, 2.75) is 19.6 Å². The minimum absolute atomic E-state index is 0.0741. The number of ether oxygens (including phenoxy) is 2. The molecule has 2 unspecified atom stereocenters. The number of hydrogen-bond donors (Lipinski definition) is 2. The fraction of sp³-hybridized carbons (Fsp3) is 0.667. The number of amides is 2. The highest BCUT2D eigenvalue weighted by molar-refractivity contribution is 7.45. The molecule has 9 heteroatoms. The lowest BCUT2D eigenvalue weighted by Gasteiger charge is -2.21. The highest BCUT2D eigenvalue weighted by Crippen LogP contribution is 2.30. The molecule has 0 aromatic rings. The molecular weight excluding hydrogens is 299 g/mol. The van der Waals surface area contributed by atoms with E-state index >= 15 is 0 Å². The molecule has 21 heavy (non-hydrogen) atoms. The molecule has 0 bridgehead atoms. The van der Waals surface area contributed by atoms with Crippen molar-refractivity contribution >= 4 is 20.7 Å². The second-order valence-corrected chi connectivity index (χ2v) is 5.50. The largest absolute Gasteiger partial charge is 0.380 e. The first-order valence-electron chi connectivity index (χ1n) is 6.22. The van der Waals surface area contributed by atoms with Gasteiger partial charge < -0.3 is 23.8 Å². The van der Waals surface area contributed by atoms with Crippen LogP contribution in [0, 0.1) is 0 Å². The summed E-state index contributed by atoms with van der Waals surface area (Å²) in [6.45, 7) is 2.18. The smallest absolute Gasteiger partial charge is 0.254 e. The summed E-state index contributed by atoms with van der Waals surface area (Å²) < 4.78 is 15.2. The first-order chi connectivity index (χ1) is 9.94. The summed E-state index contributed by atoms with van der Waals surface area (Å²) in [5.41, 5.74) is 0.415. The van der Waals surface area contributed by atoms with Gasteiger partial charge in [0.05, 0.1) is 0 Å². The van der Waals surface area contributed by atoms with Gasteiger partial charge in [0.15, 0.2) is 14.7 Å². The summed E-state index contributed by atoms with van der Waals surface area (Å²) in [6.07, 6.45) is 2.11. The maximum absolute atomic E-state index is 11.4. The van der Waals surface area contributed by atoms with Crippen molar-refractivity contribution in [3.8, 4) is 0 Å². The third-order valence-electron chi connectivity index (χ3n) is 2.52. The summed E-state index contributed by atoms with van der Waals surface area (Å²) in [5, 5.41) is 2.06. The van der Waals surface area contributed by atoms with Crippen LogP contribution < -0.4 is 5.32 Å².